The summed E-state index contributed by atoms with van der Waals surface area (Å²) < 4.78 is 0. The maximum atomic E-state index is 8.72. The molecule has 0 bridgehead atoms. The summed E-state index contributed by atoms with van der Waals surface area (Å²) in [5.74, 6) is 1.35. The number of nitrogens with two attached hydrogens (primary N) is 1. The van der Waals surface area contributed by atoms with Gasteiger partial charge in [0.05, 0.1) is 11.3 Å². The number of rotatable bonds is 4. The summed E-state index contributed by atoms with van der Waals surface area (Å²) in [6.07, 6.45) is 2.68. The molecular formula is C12H18N4. The maximum Gasteiger partial charge on any atom is 0.151 e. The monoisotopic (exact) mass is 218 g/mol. The van der Waals surface area contributed by atoms with Crippen LogP contribution < -0.4 is 10.6 Å². The molecule has 1 rings (SSSR count). The first-order valence-corrected chi connectivity index (χ1v) is 5.45. The predicted molar refractivity (Wildman–Crippen MR) is 66.1 cm³/mol. The van der Waals surface area contributed by atoms with Gasteiger partial charge >= 0.3 is 0 Å². The van der Waals surface area contributed by atoms with E-state index < -0.39 is 0 Å². The van der Waals surface area contributed by atoms with Gasteiger partial charge in [0.2, 0.25) is 0 Å². The Kier molecular flexibility index (Phi) is 4.12. The molecule has 0 aliphatic heterocycles. The van der Waals surface area contributed by atoms with Crippen LogP contribution in [0.3, 0.4) is 0 Å². The molecule has 16 heavy (non-hydrogen) atoms. The molecule has 0 saturated carbocycles. The highest BCUT2D eigenvalue weighted by molar-refractivity contribution is 5.64. The highest BCUT2D eigenvalue weighted by Gasteiger charge is 2.10. The second-order valence-corrected chi connectivity index (χ2v) is 4.14. The number of pyridine rings is 1. The van der Waals surface area contributed by atoms with Crippen molar-refractivity contribution in [3.8, 4) is 6.07 Å². The lowest BCUT2D eigenvalue weighted by Gasteiger charge is -2.22. The third-order valence-electron chi connectivity index (χ3n) is 2.67. The Morgan fingerprint density at radius 1 is 1.62 bits per heavy atom. The highest BCUT2D eigenvalue weighted by Crippen LogP contribution is 2.20. The largest absolute Gasteiger partial charge is 0.396 e. The molecule has 0 fully saturated rings. The molecule has 0 amide bonds. The van der Waals surface area contributed by atoms with E-state index >= 15 is 0 Å². The normalized spacial score (nSPS) is 11.9. The van der Waals surface area contributed by atoms with Crippen molar-refractivity contribution in [1.29, 1.82) is 5.26 Å². The van der Waals surface area contributed by atoms with E-state index in [2.05, 4.69) is 18.8 Å². The van der Waals surface area contributed by atoms with Gasteiger partial charge in [-0.2, -0.15) is 5.26 Å². The van der Waals surface area contributed by atoms with Crippen molar-refractivity contribution in [1.82, 2.24) is 4.98 Å². The molecule has 1 unspecified atom stereocenters. The SMILES string of the molecule is CCC(C)CN(C)c1ncc(C#N)cc1N. The Bertz CT molecular complexity index is 394. The van der Waals surface area contributed by atoms with Gasteiger partial charge in [0.15, 0.2) is 5.82 Å². The van der Waals surface area contributed by atoms with Crippen LogP contribution >= 0.6 is 0 Å². The minimum atomic E-state index is 0.498. The van der Waals surface area contributed by atoms with Crippen molar-refractivity contribution in [2.45, 2.75) is 20.3 Å². The summed E-state index contributed by atoms with van der Waals surface area (Å²) in [6, 6.07) is 3.69. The molecular weight excluding hydrogens is 200 g/mol. The Morgan fingerprint density at radius 3 is 2.81 bits per heavy atom. The number of nitriles is 1. The highest BCUT2D eigenvalue weighted by atomic mass is 15.2. The molecule has 0 aromatic carbocycles. The second-order valence-electron chi connectivity index (χ2n) is 4.14. The molecule has 0 saturated heterocycles. The van der Waals surface area contributed by atoms with E-state index in [1.807, 2.05) is 18.0 Å². The van der Waals surface area contributed by atoms with Gasteiger partial charge in [0, 0.05) is 19.8 Å². The van der Waals surface area contributed by atoms with Crippen molar-refractivity contribution >= 4 is 11.5 Å². The Hall–Kier alpha value is -1.76. The summed E-state index contributed by atoms with van der Waals surface area (Å²) in [6.45, 7) is 5.27. The van der Waals surface area contributed by atoms with Gasteiger partial charge in [0.1, 0.15) is 6.07 Å². The first kappa shape index (κ1) is 12.3. The molecule has 86 valence electrons. The van der Waals surface area contributed by atoms with Crippen molar-refractivity contribution in [3.63, 3.8) is 0 Å². The average molecular weight is 218 g/mol. The van der Waals surface area contributed by atoms with E-state index in [0.29, 0.717) is 17.2 Å². The quantitative estimate of drug-likeness (QED) is 0.839. The van der Waals surface area contributed by atoms with Crippen molar-refractivity contribution in [2.24, 2.45) is 5.92 Å². The van der Waals surface area contributed by atoms with Crippen LogP contribution in [0.2, 0.25) is 0 Å². The number of anilines is 2. The van der Waals surface area contributed by atoms with E-state index in [1.165, 1.54) is 0 Å². The van der Waals surface area contributed by atoms with E-state index in [-0.39, 0.29) is 0 Å². The molecule has 4 nitrogen and oxygen atoms in total. The molecule has 1 atom stereocenters. The van der Waals surface area contributed by atoms with Crippen LogP contribution in [0.15, 0.2) is 12.3 Å². The van der Waals surface area contributed by atoms with Crippen LogP contribution in [0, 0.1) is 17.2 Å². The van der Waals surface area contributed by atoms with Gasteiger partial charge in [-0.15, -0.1) is 0 Å². The van der Waals surface area contributed by atoms with Crippen molar-refractivity contribution < 1.29 is 0 Å². The van der Waals surface area contributed by atoms with Crippen LogP contribution in [-0.2, 0) is 0 Å². The van der Waals surface area contributed by atoms with Crippen LogP contribution in [-0.4, -0.2) is 18.6 Å². The lowest BCUT2D eigenvalue weighted by molar-refractivity contribution is 0.558. The zero-order valence-electron chi connectivity index (χ0n) is 10.1. The fourth-order valence-corrected chi connectivity index (χ4v) is 1.54. The summed E-state index contributed by atoms with van der Waals surface area (Å²) in [7, 11) is 1.97. The van der Waals surface area contributed by atoms with Gasteiger partial charge in [-0.05, 0) is 12.0 Å². The molecule has 0 spiro atoms. The summed E-state index contributed by atoms with van der Waals surface area (Å²) in [4.78, 5) is 6.25. The van der Waals surface area contributed by atoms with Crippen LogP contribution in [0.1, 0.15) is 25.8 Å². The first-order valence-electron chi connectivity index (χ1n) is 5.45. The van der Waals surface area contributed by atoms with Gasteiger partial charge in [-0.1, -0.05) is 20.3 Å². The van der Waals surface area contributed by atoms with E-state index in [0.717, 1.165) is 18.8 Å². The van der Waals surface area contributed by atoms with Gasteiger partial charge in [0.25, 0.3) is 0 Å². The van der Waals surface area contributed by atoms with E-state index in [4.69, 9.17) is 11.0 Å². The lowest BCUT2D eigenvalue weighted by Crippen LogP contribution is -2.25. The summed E-state index contributed by atoms with van der Waals surface area (Å²) >= 11 is 0. The predicted octanol–water partition coefficient (Wildman–Crippen LogP) is 2.02. The minimum absolute atomic E-state index is 0.498. The third kappa shape index (κ3) is 2.86. The van der Waals surface area contributed by atoms with Crippen LogP contribution in [0.4, 0.5) is 11.5 Å². The molecule has 1 aromatic rings. The number of nitrogens with zero attached hydrogens (tertiary/aromatic N) is 3. The Morgan fingerprint density at radius 2 is 2.31 bits per heavy atom. The molecule has 2 N–H and O–H groups in total. The van der Waals surface area contributed by atoms with Crippen LogP contribution in [0.25, 0.3) is 0 Å². The zero-order valence-corrected chi connectivity index (χ0v) is 10.1. The number of hydrogen-bond acceptors (Lipinski definition) is 4. The van der Waals surface area contributed by atoms with Gasteiger partial charge in [-0.25, -0.2) is 4.98 Å². The second kappa shape index (κ2) is 5.36. The fraction of sp³-hybridized carbons (Fsp3) is 0.500. The lowest BCUT2D eigenvalue weighted by atomic mass is 10.1. The average Bonchev–Trinajstić information content (AvgIpc) is 2.28. The summed E-state index contributed by atoms with van der Waals surface area (Å²) in [5.41, 5.74) is 6.92. The first-order chi connectivity index (χ1) is 7.58. The molecule has 0 aliphatic rings. The molecule has 4 heteroatoms. The van der Waals surface area contributed by atoms with E-state index in [1.54, 1.807) is 12.3 Å². The van der Waals surface area contributed by atoms with Crippen molar-refractivity contribution in [2.75, 3.05) is 24.2 Å². The van der Waals surface area contributed by atoms with Gasteiger partial charge in [-0.3, -0.25) is 0 Å². The topological polar surface area (TPSA) is 65.9 Å². The zero-order chi connectivity index (χ0) is 12.1. The Balaban J connectivity index is 2.84. The number of aromatic nitrogens is 1. The fourth-order valence-electron chi connectivity index (χ4n) is 1.54. The van der Waals surface area contributed by atoms with Crippen LogP contribution in [0.5, 0.6) is 0 Å². The van der Waals surface area contributed by atoms with Gasteiger partial charge < -0.3 is 10.6 Å². The molecule has 0 aliphatic carbocycles. The smallest absolute Gasteiger partial charge is 0.151 e. The minimum Gasteiger partial charge on any atom is -0.396 e. The molecule has 1 aromatic heterocycles. The van der Waals surface area contributed by atoms with Crippen molar-refractivity contribution in [3.05, 3.63) is 17.8 Å². The molecule has 0 radical (unpaired) electrons. The Labute approximate surface area is 96.7 Å². The molecule has 1 heterocycles. The number of hydrogen-bond donors (Lipinski definition) is 1. The number of nitrogen functional groups attached to an aromatic ring is 1. The third-order valence-corrected chi connectivity index (χ3v) is 2.67. The van der Waals surface area contributed by atoms with E-state index in [9.17, 15) is 0 Å². The maximum absolute atomic E-state index is 8.72. The summed E-state index contributed by atoms with van der Waals surface area (Å²) in [5, 5.41) is 8.72. The standard InChI is InChI=1S/C12H18N4/c1-4-9(2)8-16(3)12-11(14)5-10(6-13)7-15-12/h5,7,9H,4,8,14H2,1-3H3.